The standard InChI is InChI=1S/C23H24F2N8O/c1-15-12-31(6-7-33(15)21-5-3-17(24)9-28-21)22-11-26-19(10-29-22)30-23(34)16-2-4-20(27-8-16)32-13-18(25)14-32/h2-5,8-11,15,18H,6-7,12-14H2,1H3,(H,26,30,34)/t15-/m1/s1. The molecule has 0 bridgehead atoms. The minimum Gasteiger partial charge on any atom is -0.352 e. The average molecular weight is 466 g/mol. The van der Waals surface area contributed by atoms with Crippen molar-refractivity contribution in [3.63, 3.8) is 0 Å². The molecule has 2 aliphatic heterocycles. The first-order valence-electron chi connectivity index (χ1n) is 11.1. The first-order valence-corrected chi connectivity index (χ1v) is 11.1. The number of rotatable bonds is 5. The number of piperazine rings is 1. The summed E-state index contributed by atoms with van der Waals surface area (Å²) in [6.45, 7) is 4.87. The van der Waals surface area contributed by atoms with Gasteiger partial charge in [0.25, 0.3) is 5.91 Å². The van der Waals surface area contributed by atoms with Crippen LogP contribution in [0.3, 0.4) is 0 Å². The fourth-order valence-corrected chi connectivity index (χ4v) is 4.10. The number of pyridine rings is 2. The molecular formula is C23H24F2N8O. The van der Waals surface area contributed by atoms with E-state index in [4.69, 9.17) is 0 Å². The van der Waals surface area contributed by atoms with Crippen LogP contribution in [0.15, 0.2) is 49.1 Å². The van der Waals surface area contributed by atoms with Crippen molar-refractivity contribution < 1.29 is 13.6 Å². The SMILES string of the molecule is C[C@@H]1CN(c2cnc(NC(=O)c3ccc(N4CC(F)C4)nc3)cn2)CCN1c1ccc(F)cn1. The Morgan fingerprint density at radius 3 is 2.26 bits per heavy atom. The molecule has 0 aliphatic carbocycles. The van der Waals surface area contributed by atoms with E-state index in [1.807, 2.05) is 4.90 Å². The van der Waals surface area contributed by atoms with E-state index >= 15 is 0 Å². The third-order valence-corrected chi connectivity index (χ3v) is 6.01. The highest BCUT2D eigenvalue weighted by Gasteiger charge is 2.27. The monoisotopic (exact) mass is 466 g/mol. The molecule has 1 N–H and O–H groups in total. The molecule has 0 unspecified atom stereocenters. The van der Waals surface area contributed by atoms with Crippen molar-refractivity contribution in [3.8, 4) is 0 Å². The summed E-state index contributed by atoms with van der Waals surface area (Å²) in [4.78, 5) is 35.8. The first kappa shape index (κ1) is 21.9. The van der Waals surface area contributed by atoms with Crippen LogP contribution < -0.4 is 20.0 Å². The number of nitrogens with zero attached hydrogens (tertiary/aromatic N) is 7. The largest absolute Gasteiger partial charge is 0.352 e. The molecule has 0 aromatic carbocycles. The van der Waals surface area contributed by atoms with E-state index < -0.39 is 6.17 Å². The molecular weight excluding hydrogens is 442 g/mol. The summed E-state index contributed by atoms with van der Waals surface area (Å²) in [6.07, 6.45) is 5.03. The van der Waals surface area contributed by atoms with Crippen LogP contribution in [0.25, 0.3) is 0 Å². The van der Waals surface area contributed by atoms with Gasteiger partial charge >= 0.3 is 0 Å². The zero-order valence-corrected chi connectivity index (χ0v) is 18.6. The van der Waals surface area contributed by atoms with Crippen molar-refractivity contribution in [3.05, 3.63) is 60.4 Å². The number of carbonyl (C=O) groups is 1. The predicted octanol–water partition coefficient (Wildman–Crippen LogP) is 2.53. The molecule has 11 heteroatoms. The third kappa shape index (κ3) is 4.59. The van der Waals surface area contributed by atoms with Gasteiger partial charge in [-0.15, -0.1) is 0 Å². The number of nitrogens with one attached hydrogen (secondary N) is 1. The lowest BCUT2D eigenvalue weighted by atomic mass is 10.2. The number of halogens is 2. The van der Waals surface area contributed by atoms with E-state index in [-0.39, 0.29) is 17.8 Å². The Kier molecular flexibility index (Phi) is 5.91. The molecule has 0 spiro atoms. The van der Waals surface area contributed by atoms with Crippen LogP contribution in [0.1, 0.15) is 17.3 Å². The van der Waals surface area contributed by atoms with Crippen molar-refractivity contribution in [2.45, 2.75) is 19.1 Å². The quantitative estimate of drug-likeness (QED) is 0.614. The van der Waals surface area contributed by atoms with Gasteiger partial charge in [-0.1, -0.05) is 0 Å². The number of hydrogen-bond acceptors (Lipinski definition) is 8. The maximum absolute atomic E-state index is 13.2. The second-order valence-electron chi connectivity index (χ2n) is 8.44. The number of amides is 1. The molecule has 3 aromatic heterocycles. The number of aromatic nitrogens is 4. The van der Waals surface area contributed by atoms with Crippen LogP contribution in [0.2, 0.25) is 0 Å². The maximum atomic E-state index is 13.2. The van der Waals surface area contributed by atoms with Crippen LogP contribution in [0.4, 0.5) is 32.1 Å². The number of alkyl halides is 1. The van der Waals surface area contributed by atoms with Crippen molar-refractivity contribution in [1.82, 2.24) is 19.9 Å². The minimum atomic E-state index is -0.815. The highest BCUT2D eigenvalue weighted by Crippen LogP contribution is 2.22. The lowest BCUT2D eigenvalue weighted by Crippen LogP contribution is -2.52. The highest BCUT2D eigenvalue weighted by molar-refractivity contribution is 6.03. The van der Waals surface area contributed by atoms with Gasteiger partial charge in [0.15, 0.2) is 5.82 Å². The first-order chi connectivity index (χ1) is 16.5. The van der Waals surface area contributed by atoms with Gasteiger partial charge in [-0.2, -0.15) is 0 Å². The molecule has 5 rings (SSSR count). The van der Waals surface area contributed by atoms with Gasteiger partial charge in [0.1, 0.15) is 29.4 Å². The second-order valence-corrected chi connectivity index (χ2v) is 8.44. The summed E-state index contributed by atoms with van der Waals surface area (Å²) < 4.78 is 26.2. The average Bonchev–Trinajstić information content (AvgIpc) is 2.83. The molecule has 34 heavy (non-hydrogen) atoms. The number of hydrogen-bond donors (Lipinski definition) is 1. The number of carbonyl (C=O) groups excluding carboxylic acids is 1. The molecule has 0 radical (unpaired) electrons. The van der Waals surface area contributed by atoms with Crippen molar-refractivity contribution >= 4 is 29.2 Å². The Balaban J connectivity index is 1.17. The summed E-state index contributed by atoms with van der Waals surface area (Å²) in [5.74, 6) is 1.75. The molecule has 2 saturated heterocycles. The smallest absolute Gasteiger partial charge is 0.258 e. The third-order valence-electron chi connectivity index (χ3n) is 6.01. The Labute approximate surface area is 195 Å². The Hall–Kier alpha value is -3.89. The minimum absolute atomic E-state index is 0.149. The zero-order chi connectivity index (χ0) is 23.7. The highest BCUT2D eigenvalue weighted by atomic mass is 19.1. The zero-order valence-electron chi connectivity index (χ0n) is 18.6. The Morgan fingerprint density at radius 2 is 1.65 bits per heavy atom. The topological polar surface area (TPSA) is 90.4 Å². The Morgan fingerprint density at radius 1 is 0.882 bits per heavy atom. The molecule has 0 saturated carbocycles. The lowest BCUT2D eigenvalue weighted by molar-refractivity contribution is 0.102. The van der Waals surface area contributed by atoms with E-state index in [0.29, 0.717) is 55.7 Å². The van der Waals surface area contributed by atoms with Crippen LogP contribution >= 0.6 is 0 Å². The van der Waals surface area contributed by atoms with Crippen molar-refractivity contribution in [1.29, 1.82) is 0 Å². The van der Waals surface area contributed by atoms with E-state index in [1.165, 1.54) is 24.7 Å². The van der Waals surface area contributed by atoms with Gasteiger partial charge in [0.05, 0.1) is 37.2 Å². The Bertz CT molecular complexity index is 1140. The molecule has 5 heterocycles. The predicted molar refractivity (Wildman–Crippen MR) is 125 cm³/mol. The number of anilines is 4. The van der Waals surface area contributed by atoms with E-state index in [2.05, 4.69) is 42.0 Å². The summed E-state index contributed by atoms with van der Waals surface area (Å²) in [5, 5.41) is 2.72. The van der Waals surface area contributed by atoms with Gasteiger partial charge in [0, 0.05) is 31.9 Å². The van der Waals surface area contributed by atoms with E-state index in [0.717, 1.165) is 5.82 Å². The van der Waals surface area contributed by atoms with Crippen LogP contribution in [0, 0.1) is 5.82 Å². The van der Waals surface area contributed by atoms with Crippen LogP contribution in [-0.2, 0) is 0 Å². The van der Waals surface area contributed by atoms with Gasteiger partial charge in [0.2, 0.25) is 0 Å². The van der Waals surface area contributed by atoms with Crippen molar-refractivity contribution in [2.75, 3.05) is 52.7 Å². The summed E-state index contributed by atoms with van der Waals surface area (Å²) in [5.41, 5.74) is 0.381. The maximum Gasteiger partial charge on any atom is 0.258 e. The van der Waals surface area contributed by atoms with Gasteiger partial charge in [-0.25, -0.2) is 28.7 Å². The van der Waals surface area contributed by atoms with Gasteiger partial charge in [-0.3, -0.25) is 4.79 Å². The summed E-state index contributed by atoms with van der Waals surface area (Å²) in [6, 6.07) is 6.61. The fraction of sp³-hybridized carbons (Fsp3) is 0.348. The van der Waals surface area contributed by atoms with E-state index in [1.54, 1.807) is 24.4 Å². The molecule has 2 fully saturated rings. The van der Waals surface area contributed by atoms with Crippen LogP contribution in [0.5, 0.6) is 0 Å². The second kappa shape index (κ2) is 9.16. The normalized spacial score (nSPS) is 18.6. The molecule has 2 aliphatic rings. The van der Waals surface area contributed by atoms with Gasteiger partial charge in [-0.05, 0) is 31.2 Å². The fourth-order valence-electron chi connectivity index (χ4n) is 4.10. The molecule has 1 amide bonds. The molecule has 9 nitrogen and oxygen atoms in total. The summed E-state index contributed by atoms with van der Waals surface area (Å²) >= 11 is 0. The van der Waals surface area contributed by atoms with Crippen molar-refractivity contribution in [2.24, 2.45) is 0 Å². The van der Waals surface area contributed by atoms with Gasteiger partial charge < -0.3 is 20.0 Å². The molecule has 3 aromatic rings. The lowest BCUT2D eigenvalue weighted by Gasteiger charge is -2.41. The molecule has 176 valence electrons. The molecule has 1 atom stereocenters. The van der Waals surface area contributed by atoms with Crippen LogP contribution in [-0.4, -0.2) is 70.8 Å². The summed E-state index contributed by atoms with van der Waals surface area (Å²) in [7, 11) is 0. The van der Waals surface area contributed by atoms with E-state index in [9.17, 15) is 13.6 Å².